The highest BCUT2D eigenvalue weighted by Gasteiger charge is 2.23. The highest BCUT2D eigenvalue weighted by Crippen LogP contribution is 2.22. The average molecular weight is 326 g/mol. The minimum absolute atomic E-state index is 0.140. The third kappa shape index (κ3) is 4.15. The van der Waals surface area contributed by atoms with Crippen LogP contribution in [-0.2, 0) is 5.75 Å². The van der Waals surface area contributed by atoms with Gasteiger partial charge in [0.25, 0.3) is 5.91 Å². The summed E-state index contributed by atoms with van der Waals surface area (Å²) in [7, 11) is 0. The van der Waals surface area contributed by atoms with Crippen LogP contribution in [0.15, 0.2) is 59.5 Å². The van der Waals surface area contributed by atoms with Gasteiger partial charge in [0, 0.05) is 41.9 Å². The monoisotopic (exact) mass is 326 g/mol. The number of amides is 1. The molecule has 1 saturated heterocycles. The van der Waals surface area contributed by atoms with Gasteiger partial charge in [-0.3, -0.25) is 4.79 Å². The standard InChI is InChI=1S/C19H22N2OS/c1-15-13-20-11-12-21(15)19(22)17-9-7-16(8-10-17)14-23-18-5-3-2-4-6-18/h2-10,15,20H,11-14H2,1H3. The van der Waals surface area contributed by atoms with E-state index in [0.29, 0.717) is 0 Å². The third-order valence-electron chi connectivity index (χ3n) is 4.11. The predicted octanol–water partition coefficient (Wildman–Crippen LogP) is 3.41. The number of hydrogen-bond acceptors (Lipinski definition) is 3. The lowest BCUT2D eigenvalue weighted by molar-refractivity contribution is 0.0656. The molecule has 0 spiro atoms. The van der Waals surface area contributed by atoms with Gasteiger partial charge in [-0.15, -0.1) is 11.8 Å². The first-order chi connectivity index (χ1) is 11.2. The first-order valence-corrected chi connectivity index (χ1v) is 9.01. The van der Waals surface area contributed by atoms with Gasteiger partial charge in [0.15, 0.2) is 0 Å². The van der Waals surface area contributed by atoms with Crippen molar-refractivity contribution in [3.63, 3.8) is 0 Å². The topological polar surface area (TPSA) is 32.3 Å². The minimum atomic E-state index is 0.140. The van der Waals surface area contributed by atoms with Gasteiger partial charge in [0.05, 0.1) is 0 Å². The summed E-state index contributed by atoms with van der Waals surface area (Å²) in [6.07, 6.45) is 0. The molecule has 120 valence electrons. The Bertz CT molecular complexity index is 642. The van der Waals surface area contributed by atoms with Crippen molar-refractivity contribution in [3.05, 3.63) is 65.7 Å². The zero-order valence-electron chi connectivity index (χ0n) is 13.4. The highest BCUT2D eigenvalue weighted by atomic mass is 32.2. The maximum Gasteiger partial charge on any atom is 0.254 e. The molecule has 4 heteroatoms. The molecule has 0 saturated carbocycles. The van der Waals surface area contributed by atoms with Gasteiger partial charge in [-0.25, -0.2) is 0 Å². The number of carbonyl (C=O) groups is 1. The highest BCUT2D eigenvalue weighted by molar-refractivity contribution is 7.98. The summed E-state index contributed by atoms with van der Waals surface area (Å²) < 4.78 is 0. The van der Waals surface area contributed by atoms with E-state index in [1.54, 1.807) is 0 Å². The van der Waals surface area contributed by atoms with E-state index >= 15 is 0 Å². The molecule has 3 rings (SSSR count). The summed E-state index contributed by atoms with van der Waals surface area (Å²) in [6.45, 7) is 4.62. The lowest BCUT2D eigenvalue weighted by Crippen LogP contribution is -2.52. The smallest absolute Gasteiger partial charge is 0.254 e. The summed E-state index contributed by atoms with van der Waals surface area (Å²) in [5.41, 5.74) is 2.02. The SMILES string of the molecule is CC1CNCCN1C(=O)c1ccc(CSc2ccccc2)cc1. The Balaban J connectivity index is 1.61. The largest absolute Gasteiger partial charge is 0.333 e. The summed E-state index contributed by atoms with van der Waals surface area (Å²) in [6, 6.07) is 18.7. The number of benzene rings is 2. The van der Waals surface area contributed by atoms with Crippen molar-refractivity contribution < 1.29 is 4.79 Å². The molecule has 1 fully saturated rings. The van der Waals surface area contributed by atoms with Crippen LogP contribution in [0.2, 0.25) is 0 Å². The summed E-state index contributed by atoms with van der Waals surface area (Å²) in [5.74, 6) is 1.06. The van der Waals surface area contributed by atoms with Crippen LogP contribution >= 0.6 is 11.8 Å². The van der Waals surface area contributed by atoms with E-state index in [1.165, 1.54) is 10.5 Å². The number of nitrogens with zero attached hydrogens (tertiary/aromatic N) is 1. The van der Waals surface area contributed by atoms with Crippen molar-refractivity contribution in [2.75, 3.05) is 19.6 Å². The molecular weight excluding hydrogens is 304 g/mol. The van der Waals surface area contributed by atoms with E-state index in [2.05, 4.69) is 48.6 Å². The molecule has 1 N–H and O–H groups in total. The quantitative estimate of drug-likeness (QED) is 0.874. The van der Waals surface area contributed by atoms with Crippen LogP contribution in [0, 0.1) is 0 Å². The van der Waals surface area contributed by atoms with Gasteiger partial charge in [0.1, 0.15) is 0 Å². The Hall–Kier alpha value is -1.78. The molecule has 1 aliphatic rings. The molecule has 3 nitrogen and oxygen atoms in total. The van der Waals surface area contributed by atoms with Gasteiger partial charge in [0.2, 0.25) is 0 Å². The van der Waals surface area contributed by atoms with Crippen molar-refractivity contribution in [3.8, 4) is 0 Å². The van der Waals surface area contributed by atoms with Gasteiger partial charge in [-0.05, 0) is 36.8 Å². The normalized spacial score (nSPS) is 18.0. The Kier molecular flexibility index (Phi) is 5.36. The van der Waals surface area contributed by atoms with E-state index in [9.17, 15) is 4.79 Å². The van der Waals surface area contributed by atoms with Gasteiger partial charge in [-0.2, -0.15) is 0 Å². The molecule has 0 bridgehead atoms. The first kappa shape index (κ1) is 16.1. The molecule has 0 radical (unpaired) electrons. The maximum atomic E-state index is 12.6. The molecule has 1 aliphatic heterocycles. The summed E-state index contributed by atoms with van der Waals surface area (Å²) in [4.78, 5) is 15.8. The molecular formula is C19H22N2OS. The van der Waals surface area contributed by atoms with E-state index in [1.807, 2.05) is 34.9 Å². The Morgan fingerprint density at radius 2 is 1.91 bits per heavy atom. The van der Waals surface area contributed by atoms with Crippen molar-refractivity contribution in [2.24, 2.45) is 0 Å². The maximum absolute atomic E-state index is 12.6. The second-order valence-corrected chi connectivity index (χ2v) is 6.90. The number of rotatable bonds is 4. The molecule has 2 aromatic rings. The van der Waals surface area contributed by atoms with Crippen LogP contribution in [0.5, 0.6) is 0 Å². The van der Waals surface area contributed by atoms with Crippen LogP contribution in [0.4, 0.5) is 0 Å². The van der Waals surface area contributed by atoms with Crippen LogP contribution in [0.3, 0.4) is 0 Å². The van der Waals surface area contributed by atoms with E-state index in [4.69, 9.17) is 0 Å². The Morgan fingerprint density at radius 1 is 1.17 bits per heavy atom. The van der Waals surface area contributed by atoms with Crippen LogP contribution in [0.25, 0.3) is 0 Å². The lowest BCUT2D eigenvalue weighted by atomic mass is 10.1. The van der Waals surface area contributed by atoms with Crippen LogP contribution < -0.4 is 5.32 Å². The summed E-state index contributed by atoms with van der Waals surface area (Å²) >= 11 is 1.81. The van der Waals surface area contributed by atoms with Crippen LogP contribution in [0.1, 0.15) is 22.8 Å². The van der Waals surface area contributed by atoms with Gasteiger partial charge >= 0.3 is 0 Å². The number of nitrogens with one attached hydrogen (secondary N) is 1. The molecule has 0 aromatic heterocycles. The predicted molar refractivity (Wildman–Crippen MR) is 95.8 cm³/mol. The van der Waals surface area contributed by atoms with E-state index in [-0.39, 0.29) is 11.9 Å². The van der Waals surface area contributed by atoms with E-state index in [0.717, 1.165) is 31.0 Å². The lowest BCUT2D eigenvalue weighted by Gasteiger charge is -2.34. The van der Waals surface area contributed by atoms with Crippen molar-refractivity contribution >= 4 is 17.7 Å². The average Bonchev–Trinajstić information content (AvgIpc) is 2.61. The zero-order chi connectivity index (χ0) is 16.1. The number of carbonyl (C=O) groups excluding carboxylic acids is 1. The van der Waals surface area contributed by atoms with Crippen molar-refractivity contribution in [1.82, 2.24) is 10.2 Å². The second-order valence-electron chi connectivity index (χ2n) is 5.85. The molecule has 1 amide bonds. The van der Waals surface area contributed by atoms with Gasteiger partial charge in [-0.1, -0.05) is 30.3 Å². The second kappa shape index (κ2) is 7.66. The zero-order valence-corrected chi connectivity index (χ0v) is 14.2. The molecule has 1 heterocycles. The number of piperazine rings is 1. The third-order valence-corrected chi connectivity index (χ3v) is 5.19. The molecule has 0 aliphatic carbocycles. The fraction of sp³-hybridized carbons (Fsp3) is 0.316. The van der Waals surface area contributed by atoms with Crippen LogP contribution in [-0.4, -0.2) is 36.5 Å². The van der Waals surface area contributed by atoms with Gasteiger partial charge < -0.3 is 10.2 Å². The Morgan fingerprint density at radius 3 is 2.61 bits per heavy atom. The van der Waals surface area contributed by atoms with E-state index < -0.39 is 0 Å². The molecule has 23 heavy (non-hydrogen) atoms. The molecule has 1 atom stereocenters. The first-order valence-electron chi connectivity index (χ1n) is 8.02. The molecule has 1 unspecified atom stereocenters. The fourth-order valence-corrected chi connectivity index (χ4v) is 3.61. The summed E-state index contributed by atoms with van der Waals surface area (Å²) in [5, 5.41) is 3.32. The van der Waals surface area contributed by atoms with Crippen molar-refractivity contribution in [1.29, 1.82) is 0 Å². The fourth-order valence-electron chi connectivity index (χ4n) is 2.74. The number of thioether (sulfide) groups is 1. The Labute approximate surface area is 142 Å². The minimum Gasteiger partial charge on any atom is -0.333 e. The van der Waals surface area contributed by atoms with Crippen molar-refractivity contribution in [2.45, 2.75) is 23.6 Å². The number of hydrogen-bond donors (Lipinski definition) is 1. The molecule has 2 aromatic carbocycles.